The van der Waals surface area contributed by atoms with Crippen LogP contribution in [0.5, 0.6) is 0 Å². The van der Waals surface area contributed by atoms with Crippen LogP contribution in [0.15, 0.2) is 60.8 Å². The van der Waals surface area contributed by atoms with E-state index in [0.717, 1.165) is 5.56 Å². The molecule has 0 saturated heterocycles. The van der Waals surface area contributed by atoms with E-state index in [1.807, 2.05) is 12.1 Å². The molecule has 0 saturated carbocycles. The van der Waals surface area contributed by atoms with Crippen LogP contribution in [0.4, 0.5) is 0 Å². The molecule has 1 aromatic heterocycles. The van der Waals surface area contributed by atoms with E-state index in [0.29, 0.717) is 32.4 Å². The standard InChI is InChI=1S/C23H18Cl2N2O3/c1-14(28)15-3-10-21-20(11-15)22(29)27(13-19-9-8-18(25)12-26-19)23(21,30-2)16-4-6-17(24)7-5-16/h3-12H,13H2,1-2H3. The van der Waals surface area contributed by atoms with Crippen LogP contribution in [0.1, 0.15) is 44.5 Å². The van der Waals surface area contributed by atoms with Crippen LogP contribution in [0.2, 0.25) is 10.0 Å². The lowest BCUT2D eigenvalue weighted by atomic mass is 9.92. The first kappa shape index (κ1) is 20.5. The first-order chi connectivity index (χ1) is 14.4. The van der Waals surface area contributed by atoms with Gasteiger partial charge in [0.2, 0.25) is 0 Å². The Morgan fingerprint density at radius 1 is 1.07 bits per heavy atom. The molecule has 0 radical (unpaired) electrons. The number of hydrogen-bond acceptors (Lipinski definition) is 4. The Hall–Kier alpha value is -2.73. The van der Waals surface area contributed by atoms with E-state index in [4.69, 9.17) is 27.9 Å². The lowest BCUT2D eigenvalue weighted by molar-refractivity contribution is -0.0868. The molecule has 1 aliphatic rings. The molecule has 4 rings (SSSR count). The number of Topliss-reactive ketones (excluding diaryl/α,β-unsaturated/α-hetero) is 1. The number of amides is 1. The van der Waals surface area contributed by atoms with E-state index in [9.17, 15) is 9.59 Å². The van der Waals surface area contributed by atoms with Crippen molar-refractivity contribution in [3.8, 4) is 0 Å². The van der Waals surface area contributed by atoms with Crippen LogP contribution in [0.25, 0.3) is 0 Å². The van der Waals surface area contributed by atoms with Gasteiger partial charge in [-0.1, -0.05) is 47.5 Å². The molecule has 5 nitrogen and oxygen atoms in total. The molecule has 3 aromatic rings. The Morgan fingerprint density at radius 2 is 1.77 bits per heavy atom. The summed E-state index contributed by atoms with van der Waals surface area (Å²) in [6, 6.07) is 15.8. The van der Waals surface area contributed by atoms with Gasteiger partial charge in [0.1, 0.15) is 0 Å². The molecular formula is C23H18Cl2N2O3. The Labute approximate surface area is 184 Å². The van der Waals surface area contributed by atoms with Gasteiger partial charge in [0.05, 0.1) is 17.3 Å². The fourth-order valence-electron chi connectivity index (χ4n) is 3.84. The summed E-state index contributed by atoms with van der Waals surface area (Å²) >= 11 is 12.0. The van der Waals surface area contributed by atoms with Gasteiger partial charge in [0.15, 0.2) is 11.5 Å². The van der Waals surface area contributed by atoms with Crippen molar-refractivity contribution in [2.24, 2.45) is 0 Å². The third kappa shape index (κ3) is 3.29. The van der Waals surface area contributed by atoms with Crippen molar-refractivity contribution in [1.29, 1.82) is 0 Å². The highest BCUT2D eigenvalue weighted by molar-refractivity contribution is 6.30. The maximum atomic E-state index is 13.5. The molecule has 0 N–H and O–H groups in total. The van der Waals surface area contributed by atoms with Gasteiger partial charge in [0, 0.05) is 40.6 Å². The van der Waals surface area contributed by atoms with Gasteiger partial charge < -0.3 is 4.74 Å². The topological polar surface area (TPSA) is 59.5 Å². The molecule has 0 fully saturated rings. The predicted molar refractivity (Wildman–Crippen MR) is 115 cm³/mol. The third-order valence-corrected chi connectivity index (χ3v) is 5.76. The average molecular weight is 441 g/mol. The highest BCUT2D eigenvalue weighted by atomic mass is 35.5. The van der Waals surface area contributed by atoms with Crippen molar-refractivity contribution in [2.45, 2.75) is 19.2 Å². The van der Waals surface area contributed by atoms with E-state index in [2.05, 4.69) is 4.98 Å². The second-order valence-corrected chi connectivity index (χ2v) is 7.90. The zero-order valence-corrected chi connectivity index (χ0v) is 17.9. The number of rotatable bonds is 5. The van der Waals surface area contributed by atoms with Crippen LogP contribution in [0.3, 0.4) is 0 Å². The highest BCUT2D eigenvalue weighted by Gasteiger charge is 2.51. The second kappa shape index (κ2) is 7.84. The molecule has 0 aliphatic carbocycles. The number of fused-ring (bicyclic) bond motifs is 1. The highest BCUT2D eigenvalue weighted by Crippen LogP contribution is 2.46. The van der Waals surface area contributed by atoms with Crippen molar-refractivity contribution in [2.75, 3.05) is 7.11 Å². The van der Waals surface area contributed by atoms with Crippen molar-refractivity contribution in [3.05, 3.63) is 98.8 Å². The smallest absolute Gasteiger partial charge is 0.257 e. The Balaban J connectivity index is 1.91. The summed E-state index contributed by atoms with van der Waals surface area (Å²) in [5.74, 6) is -0.362. The number of ketones is 1. The average Bonchev–Trinajstić information content (AvgIpc) is 2.98. The molecular weight excluding hydrogens is 423 g/mol. The summed E-state index contributed by atoms with van der Waals surface area (Å²) in [7, 11) is 1.55. The van der Waals surface area contributed by atoms with Gasteiger partial charge in [0.25, 0.3) is 5.91 Å². The van der Waals surface area contributed by atoms with Crippen molar-refractivity contribution < 1.29 is 14.3 Å². The van der Waals surface area contributed by atoms with Crippen LogP contribution >= 0.6 is 23.2 Å². The summed E-state index contributed by atoms with van der Waals surface area (Å²) in [5.41, 5.74) is 1.77. The largest absolute Gasteiger partial charge is 0.350 e. The quantitative estimate of drug-likeness (QED) is 0.518. The fourth-order valence-corrected chi connectivity index (χ4v) is 4.08. The Kier molecular flexibility index (Phi) is 5.36. The minimum absolute atomic E-state index is 0.113. The normalized spacial score (nSPS) is 17.9. The molecule has 1 amide bonds. The molecule has 2 aromatic carbocycles. The zero-order chi connectivity index (χ0) is 21.5. The van der Waals surface area contributed by atoms with E-state index in [-0.39, 0.29) is 18.2 Å². The SMILES string of the molecule is COC1(c2ccc(Cl)cc2)c2ccc(C(C)=O)cc2C(=O)N1Cc1ccc(Cl)cn1. The zero-order valence-electron chi connectivity index (χ0n) is 16.4. The van der Waals surface area contributed by atoms with Crippen LogP contribution < -0.4 is 0 Å². The number of ether oxygens (including phenoxy) is 1. The van der Waals surface area contributed by atoms with Crippen LogP contribution in [-0.2, 0) is 17.0 Å². The minimum atomic E-state index is -1.19. The monoisotopic (exact) mass is 440 g/mol. The minimum Gasteiger partial charge on any atom is -0.350 e. The van der Waals surface area contributed by atoms with Crippen LogP contribution in [-0.4, -0.2) is 28.7 Å². The number of halogens is 2. The number of nitrogens with zero attached hydrogens (tertiary/aromatic N) is 2. The third-order valence-electron chi connectivity index (χ3n) is 5.29. The van der Waals surface area contributed by atoms with Gasteiger partial charge in [-0.3, -0.25) is 19.5 Å². The van der Waals surface area contributed by atoms with E-state index in [1.54, 1.807) is 54.5 Å². The lowest BCUT2D eigenvalue weighted by Gasteiger charge is -2.38. The van der Waals surface area contributed by atoms with Crippen molar-refractivity contribution in [3.63, 3.8) is 0 Å². The van der Waals surface area contributed by atoms with Crippen molar-refractivity contribution in [1.82, 2.24) is 9.88 Å². The summed E-state index contributed by atoms with van der Waals surface area (Å²) < 4.78 is 6.05. The summed E-state index contributed by atoms with van der Waals surface area (Å²) in [5, 5.41) is 1.09. The maximum Gasteiger partial charge on any atom is 0.257 e. The number of carbonyl (C=O) groups excluding carboxylic acids is 2. The molecule has 152 valence electrons. The molecule has 0 spiro atoms. The first-order valence-electron chi connectivity index (χ1n) is 9.26. The molecule has 1 aliphatic heterocycles. The van der Waals surface area contributed by atoms with Gasteiger partial charge in [-0.05, 0) is 37.3 Å². The molecule has 0 bridgehead atoms. The van der Waals surface area contributed by atoms with Gasteiger partial charge in [-0.25, -0.2) is 0 Å². The summed E-state index contributed by atoms with van der Waals surface area (Å²) in [6.45, 7) is 1.66. The number of pyridine rings is 1. The number of carbonyl (C=O) groups is 2. The van der Waals surface area contributed by atoms with E-state index < -0.39 is 5.72 Å². The lowest BCUT2D eigenvalue weighted by Crippen LogP contribution is -2.45. The number of aromatic nitrogens is 1. The molecule has 1 unspecified atom stereocenters. The van der Waals surface area contributed by atoms with Gasteiger partial charge >= 0.3 is 0 Å². The number of benzene rings is 2. The molecule has 7 heteroatoms. The van der Waals surface area contributed by atoms with E-state index >= 15 is 0 Å². The molecule has 30 heavy (non-hydrogen) atoms. The van der Waals surface area contributed by atoms with Gasteiger partial charge in [-0.2, -0.15) is 0 Å². The number of methoxy groups -OCH3 is 1. The molecule has 2 heterocycles. The maximum absolute atomic E-state index is 13.5. The summed E-state index contributed by atoms with van der Waals surface area (Å²) in [4.78, 5) is 31.4. The summed E-state index contributed by atoms with van der Waals surface area (Å²) in [6.07, 6.45) is 1.54. The van der Waals surface area contributed by atoms with Gasteiger partial charge in [-0.15, -0.1) is 0 Å². The van der Waals surface area contributed by atoms with Crippen LogP contribution in [0, 0.1) is 0 Å². The Bertz CT molecular complexity index is 1130. The number of hydrogen-bond donors (Lipinski definition) is 0. The van der Waals surface area contributed by atoms with E-state index in [1.165, 1.54) is 13.1 Å². The molecule has 1 atom stereocenters. The fraction of sp³-hybridized carbons (Fsp3) is 0.174. The van der Waals surface area contributed by atoms with Crippen molar-refractivity contribution >= 4 is 34.9 Å². The predicted octanol–water partition coefficient (Wildman–Crippen LogP) is 5.09. The second-order valence-electron chi connectivity index (χ2n) is 7.03. The Morgan fingerprint density at radius 3 is 2.37 bits per heavy atom. The first-order valence-corrected chi connectivity index (χ1v) is 10.0.